The highest BCUT2D eigenvalue weighted by molar-refractivity contribution is 5.55. The van der Waals surface area contributed by atoms with Crippen molar-refractivity contribution in [3.63, 3.8) is 0 Å². The summed E-state index contributed by atoms with van der Waals surface area (Å²) in [5.41, 5.74) is 2.45. The van der Waals surface area contributed by atoms with Gasteiger partial charge >= 0.3 is 0 Å². The number of rotatable bonds is 7. The van der Waals surface area contributed by atoms with Crippen LogP contribution < -0.4 is 0 Å². The summed E-state index contributed by atoms with van der Waals surface area (Å²) in [6, 6.07) is 12.3. The van der Waals surface area contributed by atoms with Gasteiger partial charge < -0.3 is 9.15 Å². The van der Waals surface area contributed by atoms with E-state index in [1.165, 1.54) is 11.1 Å². The van der Waals surface area contributed by atoms with Crippen molar-refractivity contribution in [1.29, 1.82) is 0 Å². The summed E-state index contributed by atoms with van der Waals surface area (Å²) in [6.07, 6.45) is 9.68. The van der Waals surface area contributed by atoms with Crippen molar-refractivity contribution in [2.24, 2.45) is 0 Å². The lowest BCUT2D eigenvalue weighted by molar-refractivity contribution is 0.131. The molecule has 0 aliphatic carbocycles. The summed E-state index contributed by atoms with van der Waals surface area (Å²) >= 11 is 0. The summed E-state index contributed by atoms with van der Waals surface area (Å²) in [6.45, 7) is 6.69. The molecular weight excluding hydrogens is 260 g/mol. The van der Waals surface area contributed by atoms with Crippen LogP contribution in [0.4, 0.5) is 0 Å². The highest BCUT2D eigenvalue weighted by atomic mass is 16.5. The van der Waals surface area contributed by atoms with E-state index in [2.05, 4.69) is 43.8 Å². The zero-order chi connectivity index (χ0) is 14.9. The first-order chi connectivity index (χ1) is 10.3. The van der Waals surface area contributed by atoms with Crippen LogP contribution in [-0.4, -0.2) is 6.61 Å². The fourth-order valence-corrected chi connectivity index (χ4v) is 1.80. The number of furan rings is 1. The second kappa shape index (κ2) is 8.08. The monoisotopic (exact) mass is 280 g/mol. The van der Waals surface area contributed by atoms with Crippen LogP contribution in [0.3, 0.4) is 0 Å². The largest absolute Gasteiger partial charge is 0.459 e. The van der Waals surface area contributed by atoms with Crippen molar-refractivity contribution in [2.75, 3.05) is 6.61 Å². The first kappa shape index (κ1) is 15.1. The SMILES string of the molecule is C=CCOCc1ccc(/C=C/C=C/c2ccc(C)cc2)o1. The molecule has 2 aromatic rings. The minimum absolute atomic E-state index is 0.471. The third kappa shape index (κ3) is 5.28. The normalized spacial score (nSPS) is 11.5. The van der Waals surface area contributed by atoms with Crippen molar-refractivity contribution in [2.45, 2.75) is 13.5 Å². The van der Waals surface area contributed by atoms with E-state index in [9.17, 15) is 0 Å². The molecule has 0 saturated heterocycles. The van der Waals surface area contributed by atoms with E-state index in [4.69, 9.17) is 9.15 Å². The maximum atomic E-state index is 5.62. The Morgan fingerprint density at radius 2 is 1.81 bits per heavy atom. The molecule has 0 fully saturated rings. The standard InChI is InChI=1S/C19H20O2/c1-3-14-20-15-19-13-12-18(21-19)7-5-4-6-17-10-8-16(2)9-11-17/h3-13H,1,14-15H2,2H3/b6-4+,7-5+. The van der Waals surface area contributed by atoms with Crippen LogP contribution >= 0.6 is 0 Å². The van der Waals surface area contributed by atoms with Gasteiger partial charge in [-0.2, -0.15) is 0 Å². The van der Waals surface area contributed by atoms with E-state index in [1.807, 2.05) is 30.4 Å². The molecular formula is C19H20O2. The Labute approximate surface area is 126 Å². The molecule has 0 amide bonds. The summed E-state index contributed by atoms with van der Waals surface area (Å²) < 4.78 is 10.9. The molecule has 1 aromatic carbocycles. The minimum atomic E-state index is 0.471. The van der Waals surface area contributed by atoms with Gasteiger partial charge in [0, 0.05) is 0 Å². The topological polar surface area (TPSA) is 22.4 Å². The third-order valence-corrected chi connectivity index (χ3v) is 2.90. The Hall–Kier alpha value is -2.32. The van der Waals surface area contributed by atoms with Gasteiger partial charge in [-0.25, -0.2) is 0 Å². The van der Waals surface area contributed by atoms with Crippen molar-refractivity contribution in [3.05, 3.63) is 83.9 Å². The van der Waals surface area contributed by atoms with Crippen molar-refractivity contribution in [1.82, 2.24) is 0 Å². The number of aryl methyl sites for hydroxylation is 1. The maximum Gasteiger partial charge on any atom is 0.130 e. The van der Waals surface area contributed by atoms with E-state index in [0.29, 0.717) is 13.2 Å². The summed E-state index contributed by atoms with van der Waals surface area (Å²) in [5.74, 6) is 1.64. The van der Waals surface area contributed by atoms with Crippen LogP contribution in [0.1, 0.15) is 22.6 Å². The lowest BCUT2D eigenvalue weighted by Crippen LogP contribution is -1.89. The molecule has 21 heavy (non-hydrogen) atoms. The number of allylic oxidation sites excluding steroid dienone is 2. The minimum Gasteiger partial charge on any atom is -0.459 e. The molecule has 0 unspecified atom stereocenters. The molecule has 1 aromatic heterocycles. The molecule has 0 aliphatic heterocycles. The molecule has 0 bridgehead atoms. The van der Waals surface area contributed by atoms with Gasteiger partial charge in [0.25, 0.3) is 0 Å². The Morgan fingerprint density at radius 1 is 1.05 bits per heavy atom. The van der Waals surface area contributed by atoms with Crippen LogP contribution in [0.2, 0.25) is 0 Å². The quantitative estimate of drug-likeness (QED) is 0.404. The zero-order valence-electron chi connectivity index (χ0n) is 12.3. The van der Waals surface area contributed by atoms with Crippen molar-refractivity contribution in [3.8, 4) is 0 Å². The smallest absolute Gasteiger partial charge is 0.130 e. The number of ether oxygens (including phenoxy) is 1. The highest BCUT2D eigenvalue weighted by Gasteiger charge is 1.98. The zero-order valence-corrected chi connectivity index (χ0v) is 12.3. The van der Waals surface area contributed by atoms with Gasteiger partial charge in [-0.1, -0.05) is 54.1 Å². The average Bonchev–Trinajstić information content (AvgIpc) is 2.94. The Balaban J connectivity index is 1.86. The Bertz CT molecular complexity index is 615. The molecule has 2 nitrogen and oxygen atoms in total. The van der Waals surface area contributed by atoms with Gasteiger partial charge in [0.1, 0.15) is 18.1 Å². The Morgan fingerprint density at radius 3 is 2.57 bits per heavy atom. The predicted octanol–water partition coefficient (Wildman–Crippen LogP) is 5.02. The summed E-state index contributed by atoms with van der Waals surface area (Å²) in [7, 11) is 0. The first-order valence-electron chi connectivity index (χ1n) is 6.97. The van der Waals surface area contributed by atoms with Gasteiger partial charge in [0.2, 0.25) is 0 Å². The second-order valence-corrected chi connectivity index (χ2v) is 4.74. The van der Waals surface area contributed by atoms with Crippen LogP contribution in [0.15, 0.2) is 65.6 Å². The number of hydrogen-bond acceptors (Lipinski definition) is 2. The number of benzene rings is 1. The molecule has 2 rings (SSSR count). The van der Waals surface area contributed by atoms with E-state index in [-0.39, 0.29) is 0 Å². The maximum absolute atomic E-state index is 5.62. The van der Waals surface area contributed by atoms with Crippen molar-refractivity contribution >= 4 is 12.2 Å². The summed E-state index contributed by atoms with van der Waals surface area (Å²) in [4.78, 5) is 0. The molecule has 0 radical (unpaired) electrons. The van der Waals surface area contributed by atoms with Gasteiger partial charge in [0.05, 0.1) is 6.61 Å². The molecule has 0 saturated carbocycles. The molecule has 0 spiro atoms. The van der Waals surface area contributed by atoms with Gasteiger partial charge in [0.15, 0.2) is 0 Å². The predicted molar refractivity (Wildman–Crippen MR) is 87.8 cm³/mol. The Kier molecular flexibility index (Phi) is 5.80. The summed E-state index contributed by atoms with van der Waals surface area (Å²) in [5, 5.41) is 0. The van der Waals surface area contributed by atoms with Crippen LogP contribution in [0, 0.1) is 6.92 Å². The third-order valence-electron chi connectivity index (χ3n) is 2.90. The van der Waals surface area contributed by atoms with E-state index in [0.717, 1.165) is 11.5 Å². The van der Waals surface area contributed by atoms with Gasteiger partial charge in [-0.15, -0.1) is 6.58 Å². The van der Waals surface area contributed by atoms with E-state index < -0.39 is 0 Å². The highest BCUT2D eigenvalue weighted by Crippen LogP contribution is 2.11. The molecule has 0 N–H and O–H groups in total. The van der Waals surface area contributed by atoms with E-state index >= 15 is 0 Å². The molecule has 0 aliphatic rings. The van der Waals surface area contributed by atoms with Crippen LogP contribution in [0.5, 0.6) is 0 Å². The number of hydrogen-bond donors (Lipinski definition) is 0. The first-order valence-corrected chi connectivity index (χ1v) is 6.97. The second-order valence-electron chi connectivity index (χ2n) is 4.74. The molecule has 2 heteroatoms. The fourth-order valence-electron chi connectivity index (χ4n) is 1.80. The average molecular weight is 280 g/mol. The molecule has 108 valence electrons. The van der Waals surface area contributed by atoms with Crippen LogP contribution in [0.25, 0.3) is 12.2 Å². The van der Waals surface area contributed by atoms with Crippen molar-refractivity contribution < 1.29 is 9.15 Å². The lowest BCUT2D eigenvalue weighted by atomic mass is 10.1. The van der Waals surface area contributed by atoms with Crippen LogP contribution in [-0.2, 0) is 11.3 Å². The molecule has 1 heterocycles. The van der Waals surface area contributed by atoms with Gasteiger partial charge in [-0.05, 0) is 30.7 Å². The fraction of sp³-hybridized carbons (Fsp3) is 0.158. The van der Waals surface area contributed by atoms with Gasteiger partial charge in [-0.3, -0.25) is 0 Å². The van der Waals surface area contributed by atoms with E-state index in [1.54, 1.807) is 6.08 Å². The molecule has 0 atom stereocenters. The lowest BCUT2D eigenvalue weighted by Gasteiger charge is -1.96.